The van der Waals surface area contributed by atoms with E-state index < -0.39 is 0 Å². The highest BCUT2D eigenvalue weighted by molar-refractivity contribution is 5.77. The van der Waals surface area contributed by atoms with Crippen LogP contribution in [0.15, 0.2) is 18.2 Å². The first-order valence-corrected chi connectivity index (χ1v) is 7.15. The highest BCUT2D eigenvalue weighted by Crippen LogP contribution is 2.34. The van der Waals surface area contributed by atoms with E-state index in [4.69, 9.17) is 0 Å². The first-order valence-electron chi connectivity index (χ1n) is 7.15. The summed E-state index contributed by atoms with van der Waals surface area (Å²) in [6.45, 7) is 5.97. The smallest absolute Gasteiger partial charge is 0.224 e. The number of aryl methyl sites for hydroxylation is 1. The van der Waals surface area contributed by atoms with Gasteiger partial charge in [-0.3, -0.25) is 4.79 Å². The number of rotatable bonds is 4. The number of carbonyl (C=O) groups excluding carboxylic acids is 1. The summed E-state index contributed by atoms with van der Waals surface area (Å²) in [5, 5.41) is 3.05. The molecule has 2 rings (SSSR count). The van der Waals surface area contributed by atoms with Crippen molar-refractivity contribution < 1.29 is 4.79 Å². The molecule has 1 atom stereocenters. The van der Waals surface area contributed by atoms with Crippen LogP contribution in [0.1, 0.15) is 42.0 Å². The number of nitrogens with zero attached hydrogens (tertiary/aromatic N) is 1. The Morgan fingerprint density at radius 1 is 1.42 bits per heavy atom. The topological polar surface area (TPSA) is 32.3 Å². The van der Waals surface area contributed by atoms with Crippen LogP contribution in [0.4, 0.5) is 0 Å². The van der Waals surface area contributed by atoms with E-state index in [1.807, 2.05) is 7.05 Å². The quantitative estimate of drug-likeness (QED) is 0.902. The zero-order valence-corrected chi connectivity index (χ0v) is 12.2. The summed E-state index contributed by atoms with van der Waals surface area (Å²) in [5.41, 5.74) is 3.98. The van der Waals surface area contributed by atoms with Gasteiger partial charge in [0.15, 0.2) is 0 Å². The summed E-state index contributed by atoms with van der Waals surface area (Å²) in [7, 11) is 1.89. The molecule has 19 heavy (non-hydrogen) atoms. The average Bonchev–Trinajstić information content (AvgIpc) is 2.88. The molecule has 1 amide bonds. The summed E-state index contributed by atoms with van der Waals surface area (Å²) >= 11 is 0. The maximum atomic E-state index is 12.3. The van der Waals surface area contributed by atoms with Crippen molar-refractivity contribution in [3.63, 3.8) is 0 Å². The van der Waals surface area contributed by atoms with Crippen LogP contribution in [-0.4, -0.2) is 30.9 Å². The zero-order valence-electron chi connectivity index (χ0n) is 12.2. The molecule has 0 bridgehead atoms. The van der Waals surface area contributed by atoms with Gasteiger partial charge in [-0.2, -0.15) is 0 Å². The van der Waals surface area contributed by atoms with Crippen molar-refractivity contribution in [3.05, 3.63) is 34.9 Å². The lowest BCUT2D eigenvalue weighted by Gasteiger charge is -2.27. The molecule has 0 aromatic heterocycles. The van der Waals surface area contributed by atoms with Gasteiger partial charge >= 0.3 is 0 Å². The molecule has 0 spiro atoms. The highest BCUT2D eigenvalue weighted by atomic mass is 16.2. The van der Waals surface area contributed by atoms with Crippen molar-refractivity contribution >= 4 is 5.91 Å². The van der Waals surface area contributed by atoms with Gasteiger partial charge in [0.1, 0.15) is 0 Å². The van der Waals surface area contributed by atoms with E-state index in [0.29, 0.717) is 6.42 Å². The minimum Gasteiger partial charge on any atom is -0.336 e. The minimum absolute atomic E-state index is 0.276. The number of hydrogen-bond donors (Lipinski definition) is 1. The van der Waals surface area contributed by atoms with E-state index in [2.05, 4.69) is 42.3 Å². The molecular weight excluding hydrogens is 236 g/mol. The summed E-state index contributed by atoms with van der Waals surface area (Å²) < 4.78 is 0. The standard InChI is InChI=1S/C16H24N2O/c1-12-6-4-7-14(13(12)2)15-8-5-11-18(15)16(19)9-10-17-3/h4,6-7,15,17H,5,8-11H2,1-3H3. The van der Waals surface area contributed by atoms with Gasteiger partial charge in [-0.05, 0) is 50.4 Å². The largest absolute Gasteiger partial charge is 0.336 e. The molecule has 1 aliphatic rings. The van der Waals surface area contributed by atoms with E-state index in [0.717, 1.165) is 25.9 Å². The van der Waals surface area contributed by atoms with Crippen LogP contribution in [0, 0.1) is 13.8 Å². The lowest BCUT2D eigenvalue weighted by molar-refractivity contribution is -0.132. The first kappa shape index (κ1) is 14.1. The SMILES string of the molecule is CNCCC(=O)N1CCCC1c1cccc(C)c1C. The van der Waals surface area contributed by atoms with Gasteiger partial charge in [-0.25, -0.2) is 0 Å². The number of amides is 1. The molecule has 1 saturated heterocycles. The van der Waals surface area contributed by atoms with Crippen LogP contribution in [0.2, 0.25) is 0 Å². The third-order valence-corrected chi connectivity index (χ3v) is 4.17. The minimum atomic E-state index is 0.276. The van der Waals surface area contributed by atoms with Crippen LogP contribution in [-0.2, 0) is 4.79 Å². The number of hydrogen-bond acceptors (Lipinski definition) is 2. The van der Waals surface area contributed by atoms with E-state index in [1.165, 1.54) is 16.7 Å². The van der Waals surface area contributed by atoms with Crippen molar-refractivity contribution in [1.29, 1.82) is 0 Å². The lowest BCUT2D eigenvalue weighted by atomic mass is 9.96. The number of carbonyl (C=O) groups is 1. The Morgan fingerprint density at radius 2 is 2.21 bits per heavy atom. The third-order valence-electron chi connectivity index (χ3n) is 4.17. The first-order chi connectivity index (χ1) is 9.15. The average molecular weight is 260 g/mol. The molecule has 3 heteroatoms. The van der Waals surface area contributed by atoms with Gasteiger partial charge in [-0.15, -0.1) is 0 Å². The summed E-state index contributed by atoms with van der Waals surface area (Å²) in [5.74, 6) is 0.276. The fourth-order valence-corrected chi connectivity index (χ4v) is 2.90. The van der Waals surface area contributed by atoms with E-state index in [1.54, 1.807) is 0 Å². The van der Waals surface area contributed by atoms with Gasteiger partial charge in [0.05, 0.1) is 6.04 Å². The molecule has 0 saturated carbocycles. The second kappa shape index (κ2) is 6.20. The normalized spacial score (nSPS) is 18.9. The van der Waals surface area contributed by atoms with Crippen LogP contribution >= 0.6 is 0 Å². The maximum absolute atomic E-state index is 12.3. The molecular formula is C16H24N2O. The van der Waals surface area contributed by atoms with Crippen LogP contribution < -0.4 is 5.32 Å². The van der Waals surface area contributed by atoms with E-state index in [9.17, 15) is 4.79 Å². The number of nitrogens with one attached hydrogen (secondary N) is 1. The van der Waals surface area contributed by atoms with Gasteiger partial charge < -0.3 is 10.2 Å². The molecule has 1 aromatic carbocycles. The lowest BCUT2D eigenvalue weighted by Crippen LogP contribution is -2.32. The van der Waals surface area contributed by atoms with Crippen molar-refractivity contribution in [2.45, 2.75) is 39.2 Å². The van der Waals surface area contributed by atoms with Crippen molar-refractivity contribution in [1.82, 2.24) is 10.2 Å². The molecule has 0 radical (unpaired) electrons. The Bertz CT molecular complexity index is 456. The van der Waals surface area contributed by atoms with Gasteiger partial charge in [-0.1, -0.05) is 18.2 Å². The highest BCUT2D eigenvalue weighted by Gasteiger charge is 2.30. The predicted molar refractivity (Wildman–Crippen MR) is 78.1 cm³/mol. The van der Waals surface area contributed by atoms with E-state index in [-0.39, 0.29) is 11.9 Å². The van der Waals surface area contributed by atoms with Gasteiger partial charge in [0.25, 0.3) is 0 Å². The van der Waals surface area contributed by atoms with Gasteiger partial charge in [0, 0.05) is 19.5 Å². The molecule has 3 nitrogen and oxygen atoms in total. The van der Waals surface area contributed by atoms with Crippen LogP contribution in [0.5, 0.6) is 0 Å². The predicted octanol–water partition coefficient (Wildman–Crippen LogP) is 2.58. The molecule has 0 aliphatic carbocycles. The Balaban J connectivity index is 2.18. The summed E-state index contributed by atoms with van der Waals surface area (Å²) in [6, 6.07) is 6.70. The Morgan fingerprint density at radius 3 is 2.95 bits per heavy atom. The monoisotopic (exact) mass is 260 g/mol. The molecule has 1 aliphatic heterocycles. The second-order valence-electron chi connectivity index (χ2n) is 5.39. The molecule has 1 fully saturated rings. The number of benzene rings is 1. The van der Waals surface area contributed by atoms with Gasteiger partial charge in [0.2, 0.25) is 5.91 Å². The third kappa shape index (κ3) is 2.98. The summed E-state index contributed by atoms with van der Waals surface area (Å²) in [6.07, 6.45) is 2.80. The molecule has 1 unspecified atom stereocenters. The summed E-state index contributed by atoms with van der Waals surface area (Å²) in [4.78, 5) is 14.3. The fraction of sp³-hybridized carbons (Fsp3) is 0.562. The number of likely N-dealkylation sites (tertiary alicyclic amines) is 1. The maximum Gasteiger partial charge on any atom is 0.224 e. The Labute approximate surface area is 116 Å². The second-order valence-corrected chi connectivity index (χ2v) is 5.39. The Kier molecular flexibility index (Phi) is 4.59. The Hall–Kier alpha value is -1.35. The molecule has 1 aromatic rings. The van der Waals surface area contributed by atoms with Crippen LogP contribution in [0.3, 0.4) is 0 Å². The molecule has 104 valence electrons. The van der Waals surface area contributed by atoms with Crippen LogP contribution in [0.25, 0.3) is 0 Å². The molecule has 1 heterocycles. The zero-order chi connectivity index (χ0) is 13.8. The van der Waals surface area contributed by atoms with E-state index >= 15 is 0 Å². The van der Waals surface area contributed by atoms with Crippen molar-refractivity contribution in [2.24, 2.45) is 0 Å². The van der Waals surface area contributed by atoms with Crippen molar-refractivity contribution in [2.75, 3.05) is 20.1 Å². The van der Waals surface area contributed by atoms with Crippen molar-refractivity contribution in [3.8, 4) is 0 Å². The fourth-order valence-electron chi connectivity index (χ4n) is 2.90. The molecule has 1 N–H and O–H groups in total.